The van der Waals surface area contributed by atoms with Crippen molar-refractivity contribution in [3.05, 3.63) is 64.9 Å². The van der Waals surface area contributed by atoms with Crippen LogP contribution >= 0.6 is 23.5 Å². The molecule has 0 saturated carbocycles. The molecule has 6 nitrogen and oxygen atoms in total. The molecule has 1 atom stereocenters. The molecule has 1 fully saturated rings. The van der Waals surface area contributed by atoms with E-state index in [4.69, 9.17) is 10.7 Å². The molecule has 2 aromatic carbocycles. The highest BCUT2D eigenvalue weighted by Gasteiger charge is 2.40. The van der Waals surface area contributed by atoms with Crippen LogP contribution in [0.3, 0.4) is 0 Å². The van der Waals surface area contributed by atoms with E-state index in [0.29, 0.717) is 23.7 Å². The maximum Gasteiger partial charge on any atom is 0.258 e. The van der Waals surface area contributed by atoms with Crippen molar-refractivity contribution in [2.24, 2.45) is 10.7 Å². The van der Waals surface area contributed by atoms with Crippen LogP contribution in [0.25, 0.3) is 0 Å². The van der Waals surface area contributed by atoms with Gasteiger partial charge in [-0.25, -0.2) is 4.99 Å². The molecule has 0 bridgehead atoms. The summed E-state index contributed by atoms with van der Waals surface area (Å²) in [7, 11) is 0. The Morgan fingerprint density at radius 2 is 1.74 bits per heavy atom. The molecule has 0 aromatic heterocycles. The first-order valence-electron chi connectivity index (χ1n) is 11.5. The van der Waals surface area contributed by atoms with E-state index < -0.39 is 5.25 Å². The van der Waals surface area contributed by atoms with Gasteiger partial charge in [0, 0.05) is 23.7 Å². The zero-order valence-electron chi connectivity index (χ0n) is 19.8. The van der Waals surface area contributed by atoms with Gasteiger partial charge >= 0.3 is 0 Å². The first-order chi connectivity index (χ1) is 16.4. The summed E-state index contributed by atoms with van der Waals surface area (Å²) in [5, 5.41) is 2.80. The molecule has 0 spiro atoms. The Bertz CT molecular complexity index is 1150. The molecule has 0 aliphatic carbocycles. The molecule has 2 heterocycles. The van der Waals surface area contributed by atoms with E-state index in [2.05, 4.69) is 5.32 Å². The first kappa shape index (κ1) is 24.4. The standard InChI is InChI=1S/C26H30N4O2S2/c1-16-10-9-11-17(2)22(16)29-25-20(26(32)30-14-7-4-8-15-30)21(27)23(34-25)24(31)28-18-12-5-6-13-19(18)33-3/h5-6,9-13,23H,4,7-8,14-15,27H2,1-3H3,(H,28,31). The number of thioether (sulfide) groups is 2. The third-order valence-corrected chi connectivity index (χ3v) is 8.15. The van der Waals surface area contributed by atoms with E-state index >= 15 is 0 Å². The number of hydrogen-bond donors (Lipinski definition) is 2. The second-order valence-electron chi connectivity index (χ2n) is 8.53. The third kappa shape index (κ3) is 5.03. The fourth-order valence-corrected chi connectivity index (χ4v) is 5.92. The number of aryl methyl sites for hydroxylation is 2. The van der Waals surface area contributed by atoms with Gasteiger partial charge in [0.2, 0.25) is 5.91 Å². The topological polar surface area (TPSA) is 87.8 Å². The number of amides is 2. The van der Waals surface area contributed by atoms with Gasteiger partial charge in [-0.15, -0.1) is 11.8 Å². The molecule has 1 saturated heterocycles. The SMILES string of the molecule is CSc1ccccc1NC(=O)C1SC(=Nc2c(C)cccc2C)C(C(=O)N2CCCCC2)=C1N. The van der Waals surface area contributed by atoms with Gasteiger partial charge in [-0.05, 0) is 62.6 Å². The number of nitrogens with zero attached hydrogens (tertiary/aromatic N) is 2. The highest BCUT2D eigenvalue weighted by Crippen LogP contribution is 2.38. The number of para-hydroxylation sites is 2. The van der Waals surface area contributed by atoms with E-state index in [1.165, 1.54) is 11.8 Å². The summed E-state index contributed by atoms with van der Waals surface area (Å²) >= 11 is 2.82. The number of carbonyl (C=O) groups excluding carboxylic acids is 2. The Kier molecular flexibility index (Phi) is 7.68. The molecule has 8 heteroatoms. The first-order valence-corrected chi connectivity index (χ1v) is 13.6. The molecule has 2 aromatic rings. The Morgan fingerprint density at radius 1 is 1.06 bits per heavy atom. The summed E-state index contributed by atoms with van der Waals surface area (Å²) < 4.78 is 0. The van der Waals surface area contributed by atoms with Gasteiger partial charge in [0.1, 0.15) is 10.3 Å². The number of carbonyl (C=O) groups is 2. The summed E-state index contributed by atoms with van der Waals surface area (Å²) in [6.07, 6.45) is 5.04. The quantitative estimate of drug-likeness (QED) is 0.569. The summed E-state index contributed by atoms with van der Waals surface area (Å²) in [5.41, 5.74) is 10.8. The molecular weight excluding hydrogens is 464 g/mol. The molecule has 2 aliphatic rings. The van der Waals surface area contributed by atoms with E-state index in [1.54, 1.807) is 11.8 Å². The Labute approximate surface area is 209 Å². The largest absolute Gasteiger partial charge is 0.400 e. The number of likely N-dealkylation sites (tertiary alicyclic amines) is 1. The molecule has 4 rings (SSSR count). The average Bonchev–Trinajstić information content (AvgIpc) is 3.17. The van der Waals surface area contributed by atoms with Gasteiger partial charge in [-0.3, -0.25) is 9.59 Å². The highest BCUT2D eigenvalue weighted by atomic mass is 32.2. The van der Waals surface area contributed by atoms with Crippen LogP contribution in [0.5, 0.6) is 0 Å². The minimum absolute atomic E-state index is 0.130. The van der Waals surface area contributed by atoms with Crippen LogP contribution in [-0.2, 0) is 9.59 Å². The summed E-state index contributed by atoms with van der Waals surface area (Å²) in [5.74, 6) is -0.380. The molecule has 178 valence electrons. The molecular formula is C26H30N4O2S2. The third-order valence-electron chi connectivity index (χ3n) is 6.13. The van der Waals surface area contributed by atoms with Crippen LogP contribution in [0.4, 0.5) is 11.4 Å². The number of nitrogens with one attached hydrogen (secondary N) is 1. The van der Waals surface area contributed by atoms with Gasteiger partial charge < -0.3 is 16.0 Å². The molecule has 34 heavy (non-hydrogen) atoms. The number of anilines is 1. The lowest BCUT2D eigenvalue weighted by Gasteiger charge is -2.27. The van der Waals surface area contributed by atoms with Crippen LogP contribution in [0, 0.1) is 13.8 Å². The molecule has 3 N–H and O–H groups in total. The van der Waals surface area contributed by atoms with Crippen molar-refractivity contribution in [3.8, 4) is 0 Å². The maximum absolute atomic E-state index is 13.6. The van der Waals surface area contributed by atoms with Crippen LogP contribution in [0.15, 0.2) is 63.6 Å². The lowest BCUT2D eigenvalue weighted by molar-refractivity contribution is -0.127. The van der Waals surface area contributed by atoms with E-state index in [-0.39, 0.29) is 17.5 Å². The molecule has 2 aliphatic heterocycles. The smallest absolute Gasteiger partial charge is 0.258 e. The lowest BCUT2D eigenvalue weighted by Crippen LogP contribution is -2.38. The second kappa shape index (κ2) is 10.7. The van der Waals surface area contributed by atoms with Crippen LogP contribution < -0.4 is 11.1 Å². The van der Waals surface area contributed by atoms with Gasteiger partial charge in [0.15, 0.2) is 0 Å². The normalized spacial score (nSPS) is 19.6. The number of aliphatic imine (C=N–C) groups is 1. The minimum Gasteiger partial charge on any atom is -0.400 e. The second-order valence-corrected chi connectivity index (χ2v) is 10.5. The molecule has 0 radical (unpaired) electrons. The van der Waals surface area contributed by atoms with Crippen LogP contribution in [0.1, 0.15) is 30.4 Å². The molecule has 1 unspecified atom stereocenters. The van der Waals surface area contributed by atoms with Crippen molar-refractivity contribution < 1.29 is 9.59 Å². The zero-order valence-corrected chi connectivity index (χ0v) is 21.4. The summed E-state index contributed by atoms with van der Waals surface area (Å²) in [6, 6.07) is 13.6. The van der Waals surface area contributed by atoms with E-state index in [9.17, 15) is 9.59 Å². The number of hydrogen-bond acceptors (Lipinski definition) is 6. The molecule has 2 amide bonds. The van der Waals surface area contributed by atoms with Crippen molar-refractivity contribution in [3.63, 3.8) is 0 Å². The van der Waals surface area contributed by atoms with Crippen molar-refractivity contribution in [2.75, 3.05) is 24.7 Å². The average molecular weight is 495 g/mol. The van der Waals surface area contributed by atoms with Crippen LogP contribution in [0.2, 0.25) is 0 Å². The van der Waals surface area contributed by atoms with E-state index in [1.807, 2.05) is 67.5 Å². The summed E-state index contributed by atoms with van der Waals surface area (Å²) in [4.78, 5) is 34.6. The Balaban J connectivity index is 1.71. The number of benzene rings is 2. The predicted molar refractivity (Wildman–Crippen MR) is 143 cm³/mol. The minimum atomic E-state index is -0.721. The summed E-state index contributed by atoms with van der Waals surface area (Å²) in [6.45, 7) is 5.40. The van der Waals surface area contributed by atoms with Crippen molar-refractivity contribution in [2.45, 2.75) is 43.3 Å². The maximum atomic E-state index is 13.6. The van der Waals surface area contributed by atoms with Gasteiger partial charge in [-0.2, -0.15) is 0 Å². The fourth-order valence-electron chi connectivity index (χ4n) is 4.27. The Morgan fingerprint density at radius 3 is 2.41 bits per heavy atom. The van der Waals surface area contributed by atoms with Crippen molar-refractivity contribution >= 4 is 51.8 Å². The number of nitrogens with two attached hydrogens (primary N) is 1. The highest BCUT2D eigenvalue weighted by molar-refractivity contribution is 8.16. The number of rotatable bonds is 5. The van der Waals surface area contributed by atoms with Gasteiger partial charge in [0.05, 0.1) is 16.9 Å². The predicted octanol–water partition coefficient (Wildman–Crippen LogP) is 5.03. The van der Waals surface area contributed by atoms with Gasteiger partial charge in [-0.1, -0.05) is 42.1 Å². The van der Waals surface area contributed by atoms with Crippen LogP contribution in [-0.4, -0.2) is 46.4 Å². The van der Waals surface area contributed by atoms with E-state index in [0.717, 1.165) is 46.7 Å². The monoisotopic (exact) mass is 494 g/mol. The van der Waals surface area contributed by atoms with Crippen molar-refractivity contribution in [1.29, 1.82) is 0 Å². The van der Waals surface area contributed by atoms with Crippen molar-refractivity contribution in [1.82, 2.24) is 4.90 Å². The number of piperidine rings is 1. The Hall–Kier alpha value is -2.71. The lowest BCUT2D eigenvalue weighted by atomic mass is 10.1. The van der Waals surface area contributed by atoms with Gasteiger partial charge in [0.25, 0.3) is 5.91 Å². The zero-order chi connectivity index (χ0) is 24.2. The fraction of sp³-hybridized carbons (Fsp3) is 0.346.